The molecule has 0 bridgehead atoms. The summed E-state index contributed by atoms with van der Waals surface area (Å²) in [5.41, 5.74) is 6.06. The zero-order chi connectivity index (χ0) is 11.3. The maximum atomic E-state index is 13.1. The largest absolute Gasteiger partial charge is 0.508 e. The molecule has 2 nitrogen and oxygen atoms in total. The Labute approximate surface area is 88.9 Å². The summed E-state index contributed by atoms with van der Waals surface area (Å²) in [6.45, 7) is 3.84. The molecule has 1 aromatic carbocycles. The topological polar surface area (TPSA) is 46.2 Å². The van der Waals surface area contributed by atoms with Gasteiger partial charge in [-0.25, -0.2) is 4.39 Å². The molecule has 2 rings (SSSR count). The molecule has 0 heterocycles. The predicted molar refractivity (Wildman–Crippen MR) is 57.2 cm³/mol. The second kappa shape index (κ2) is 2.95. The van der Waals surface area contributed by atoms with Crippen molar-refractivity contribution >= 4 is 0 Å². The first-order chi connectivity index (χ1) is 6.87. The van der Waals surface area contributed by atoms with Gasteiger partial charge in [0.1, 0.15) is 11.6 Å². The standard InChI is InChI=1S/C12H16FNO/c1-11(2,14)12(5-6-12)9-7-8(13)3-4-10(9)15/h3-4,7,15H,5-6,14H2,1-2H3. The maximum absolute atomic E-state index is 13.1. The molecule has 15 heavy (non-hydrogen) atoms. The molecule has 82 valence electrons. The summed E-state index contributed by atoms with van der Waals surface area (Å²) in [5.74, 6) is -0.175. The van der Waals surface area contributed by atoms with E-state index in [-0.39, 0.29) is 17.0 Å². The number of phenols is 1. The predicted octanol–water partition coefficient (Wildman–Crippen LogP) is 2.30. The van der Waals surface area contributed by atoms with Crippen molar-refractivity contribution in [3.05, 3.63) is 29.6 Å². The van der Waals surface area contributed by atoms with Crippen molar-refractivity contribution in [2.24, 2.45) is 5.73 Å². The van der Waals surface area contributed by atoms with E-state index in [9.17, 15) is 9.50 Å². The first-order valence-electron chi connectivity index (χ1n) is 5.15. The Kier molecular flexibility index (Phi) is 2.05. The fraction of sp³-hybridized carbons (Fsp3) is 0.500. The Balaban J connectivity index is 2.50. The zero-order valence-corrected chi connectivity index (χ0v) is 9.05. The van der Waals surface area contributed by atoms with Crippen LogP contribution in [0, 0.1) is 5.82 Å². The molecule has 0 atom stereocenters. The molecule has 0 unspecified atom stereocenters. The van der Waals surface area contributed by atoms with Crippen LogP contribution in [0.5, 0.6) is 5.75 Å². The lowest BCUT2D eigenvalue weighted by Gasteiger charge is -2.31. The Morgan fingerprint density at radius 2 is 2.00 bits per heavy atom. The van der Waals surface area contributed by atoms with Crippen LogP contribution in [-0.2, 0) is 5.41 Å². The van der Waals surface area contributed by atoms with E-state index in [1.165, 1.54) is 18.2 Å². The number of rotatable bonds is 2. The third-order valence-corrected chi connectivity index (χ3v) is 3.46. The molecular weight excluding hydrogens is 193 g/mol. The molecule has 0 amide bonds. The van der Waals surface area contributed by atoms with Crippen LogP contribution in [0.25, 0.3) is 0 Å². The van der Waals surface area contributed by atoms with E-state index in [1.807, 2.05) is 13.8 Å². The highest BCUT2D eigenvalue weighted by atomic mass is 19.1. The summed E-state index contributed by atoms with van der Waals surface area (Å²) in [7, 11) is 0. The number of aromatic hydroxyl groups is 1. The van der Waals surface area contributed by atoms with Crippen LogP contribution in [0.1, 0.15) is 32.3 Å². The molecular formula is C12H16FNO. The normalized spacial score (nSPS) is 18.9. The van der Waals surface area contributed by atoms with Gasteiger partial charge in [0.15, 0.2) is 0 Å². The van der Waals surface area contributed by atoms with Crippen molar-refractivity contribution in [3.8, 4) is 5.75 Å². The van der Waals surface area contributed by atoms with Crippen molar-refractivity contribution in [2.75, 3.05) is 0 Å². The SMILES string of the molecule is CC(C)(N)C1(c2cc(F)ccc2O)CC1. The fourth-order valence-electron chi connectivity index (χ4n) is 2.28. The van der Waals surface area contributed by atoms with Gasteiger partial charge in [-0.1, -0.05) is 0 Å². The van der Waals surface area contributed by atoms with E-state index in [4.69, 9.17) is 5.73 Å². The third-order valence-electron chi connectivity index (χ3n) is 3.46. The molecule has 0 radical (unpaired) electrons. The molecule has 1 aliphatic carbocycles. The Morgan fingerprint density at radius 3 is 2.47 bits per heavy atom. The van der Waals surface area contributed by atoms with E-state index < -0.39 is 5.54 Å². The van der Waals surface area contributed by atoms with Gasteiger partial charge in [0.2, 0.25) is 0 Å². The van der Waals surface area contributed by atoms with Crippen LogP contribution in [0.4, 0.5) is 4.39 Å². The molecule has 0 saturated heterocycles. The number of phenolic OH excluding ortho intramolecular Hbond substituents is 1. The van der Waals surface area contributed by atoms with Gasteiger partial charge < -0.3 is 10.8 Å². The van der Waals surface area contributed by atoms with Gasteiger partial charge in [-0.05, 0) is 44.9 Å². The van der Waals surface area contributed by atoms with Crippen molar-refractivity contribution < 1.29 is 9.50 Å². The van der Waals surface area contributed by atoms with Crippen LogP contribution in [-0.4, -0.2) is 10.6 Å². The van der Waals surface area contributed by atoms with E-state index >= 15 is 0 Å². The van der Waals surface area contributed by atoms with Crippen molar-refractivity contribution in [2.45, 2.75) is 37.6 Å². The van der Waals surface area contributed by atoms with Crippen LogP contribution >= 0.6 is 0 Å². The lowest BCUT2D eigenvalue weighted by molar-refractivity contribution is 0.370. The van der Waals surface area contributed by atoms with E-state index in [0.717, 1.165) is 12.8 Å². The number of hydrogen-bond acceptors (Lipinski definition) is 2. The van der Waals surface area contributed by atoms with Gasteiger partial charge in [-0.3, -0.25) is 0 Å². The monoisotopic (exact) mass is 209 g/mol. The highest BCUT2D eigenvalue weighted by Crippen LogP contribution is 2.56. The molecule has 0 aliphatic heterocycles. The van der Waals surface area contributed by atoms with Crippen molar-refractivity contribution in [1.29, 1.82) is 0 Å². The zero-order valence-electron chi connectivity index (χ0n) is 9.05. The highest BCUT2D eigenvalue weighted by molar-refractivity contribution is 5.45. The molecule has 3 N–H and O–H groups in total. The highest BCUT2D eigenvalue weighted by Gasteiger charge is 2.55. The first kappa shape index (κ1) is 10.4. The lowest BCUT2D eigenvalue weighted by atomic mass is 9.79. The van der Waals surface area contributed by atoms with E-state index in [0.29, 0.717) is 5.56 Å². The van der Waals surface area contributed by atoms with Gasteiger partial charge >= 0.3 is 0 Å². The molecule has 1 aromatic rings. The fourth-order valence-corrected chi connectivity index (χ4v) is 2.28. The number of nitrogens with two attached hydrogens (primary N) is 1. The minimum Gasteiger partial charge on any atom is -0.508 e. The smallest absolute Gasteiger partial charge is 0.123 e. The summed E-state index contributed by atoms with van der Waals surface area (Å²) in [4.78, 5) is 0. The van der Waals surface area contributed by atoms with Crippen LogP contribution in [0.15, 0.2) is 18.2 Å². The van der Waals surface area contributed by atoms with Crippen LogP contribution in [0.3, 0.4) is 0 Å². The van der Waals surface area contributed by atoms with Gasteiger partial charge in [0, 0.05) is 16.5 Å². The van der Waals surface area contributed by atoms with Gasteiger partial charge in [-0.15, -0.1) is 0 Å². The Morgan fingerprint density at radius 1 is 1.40 bits per heavy atom. The molecule has 0 aromatic heterocycles. The summed E-state index contributed by atoms with van der Waals surface area (Å²) in [6.07, 6.45) is 1.82. The minimum atomic E-state index is -0.432. The number of benzene rings is 1. The van der Waals surface area contributed by atoms with Gasteiger partial charge in [0.05, 0.1) is 0 Å². The maximum Gasteiger partial charge on any atom is 0.123 e. The third kappa shape index (κ3) is 1.51. The first-order valence-corrected chi connectivity index (χ1v) is 5.15. The number of halogens is 1. The average Bonchev–Trinajstić information content (AvgIpc) is 2.88. The Bertz CT molecular complexity index is 391. The van der Waals surface area contributed by atoms with Crippen molar-refractivity contribution in [1.82, 2.24) is 0 Å². The molecule has 3 heteroatoms. The van der Waals surface area contributed by atoms with Crippen LogP contribution < -0.4 is 5.73 Å². The second-order valence-corrected chi connectivity index (χ2v) is 4.97. The molecule has 0 spiro atoms. The van der Waals surface area contributed by atoms with E-state index in [1.54, 1.807) is 0 Å². The Hall–Kier alpha value is -1.09. The molecule has 1 fully saturated rings. The minimum absolute atomic E-state index is 0.146. The summed E-state index contributed by atoms with van der Waals surface area (Å²) < 4.78 is 13.1. The summed E-state index contributed by atoms with van der Waals surface area (Å²) >= 11 is 0. The van der Waals surface area contributed by atoms with E-state index in [2.05, 4.69) is 0 Å². The van der Waals surface area contributed by atoms with Gasteiger partial charge in [0.25, 0.3) is 0 Å². The summed E-state index contributed by atoms with van der Waals surface area (Å²) in [6, 6.07) is 4.06. The average molecular weight is 209 g/mol. The van der Waals surface area contributed by atoms with Crippen molar-refractivity contribution in [3.63, 3.8) is 0 Å². The lowest BCUT2D eigenvalue weighted by Crippen LogP contribution is -2.45. The van der Waals surface area contributed by atoms with Gasteiger partial charge in [-0.2, -0.15) is 0 Å². The van der Waals surface area contributed by atoms with Crippen LogP contribution in [0.2, 0.25) is 0 Å². The molecule has 1 aliphatic rings. The second-order valence-electron chi connectivity index (χ2n) is 4.97. The quantitative estimate of drug-likeness (QED) is 0.785. The summed E-state index contributed by atoms with van der Waals surface area (Å²) in [5, 5.41) is 9.75. The molecule has 1 saturated carbocycles. The number of hydrogen-bond donors (Lipinski definition) is 2.